The Kier molecular flexibility index (Phi) is 8.48. The van der Waals surface area contributed by atoms with E-state index in [1.165, 1.54) is 7.05 Å². The van der Waals surface area contributed by atoms with Gasteiger partial charge in [-0.2, -0.15) is 0 Å². The van der Waals surface area contributed by atoms with Crippen LogP contribution in [0.3, 0.4) is 0 Å². The van der Waals surface area contributed by atoms with Crippen LogP contribution >= 0.6 is 0 Å². The number of rotatable bonds is 9. The monoisotopic (exact) mass is 418 g/mol. The van der Waals surface area contributed by atoms with Crippen molar-refractivity contribution >= 4 is 16.0 Å². The summed E-state index contributed by atoms with van der Waals surface area (Å²) in [6.07, 6.45) is -0.0355. The molecule has 0 amide bonds. The van der Waals surface area contributed by atoms with Gasteiger partial charge in [-0.15, -0.1) is 0 Å². The molecule has 0 radical (unpaired) electrons. The number of nitrogens with zero attached hydrogens (tertiary/aromatic N) is 1. The number of aliphatic imine (C=N–C) groups is 1. The highest BCUT2D eigenvalue weighted by Gasteiger charge is 2.10. The molecule has 2 rings (SSSR count). The lowest BCUT2D eigenvalue weighted by Gasteiger charge is -2.18. The number of aryl methyl sites for hydroxylation is 1. The van der Waals surface area contributed by atoms with Gasteiger partial charge in [0.25, 0.3) is 0 Å². The van der Waals surface area contributed by atoms with Gasteiger partial charge in [-0.05, 0) is 63.2 Å². The van der Waals surface area contributed by atoms with Gasteiger partial charge in [0.2, 0.25) is 10.0 Å². The van der Waals surface area contributed by atoms with Gasteiger partial charge in [-0.1, -0.05) is 24.3 Å². The first-order valence-corrected chi connectivity index (χ1v) is 11.1. The third-order valence-electron chi connectivity index (χ3n) is 4.15. The minimum atomic E-state index is -3.43. The lowest BCUT2D eigenvalue weighted by molar-refractivity contribution is 0.223. The van der Waals surface area contributed by atoms with Gasteiger partial charge in [0.1, 0.15) is 11.9 Å². The summed E-state index contributed by atoms with van der Waals surface area (Å²) in [5.41, 5.74) is 2.08. The van der Waals surface area contributed by atoms with Crippen LogP contribution in [0, 0.1) is 6.92 Å². The number of benzene rings is 2. The third kappa shape index (κ3) is 7.40. The number of ether oxygens (including phenoxy) is 1. The zero-order valence-corrected chi connectivity index (χ0v) is 18.2. The Morgan fingerprint density at radius 3 is 2.48 bits per heavy atom. The van der Waals surface area contributed by atoms with Crippen LogP contribution in [0.5, 0.6) is 5.75 Å². The van der Waals surface area contributed by atoms with E-state index < -0.39 is 10.0 Å². The molecule has 0 fully saturated rings. The number of hydrogen-bond acceptors (Lipinski definition) is 4. The Morgan fingerprint density at radius 2 is 1.86 bits per heavy atom. The molecular weight excluding hydrogens is 388 g/mol. The summed E-state index contributed by atoms with van der Waals surface area (Å²) in [4.78, 5) is 4.80. The topological polar surface area (TPSA) is 91.8 Å². The van der Waals surface area contributed by atoms with Crippen LogP contribution in [-0.2, 0) is 16.6 Å². The van der Waals surface area contributed by atoms with E-state index in [1.54, 1.807) is 24.3 Å². The van der Waals surface area contributed by atoms with Crippen molar-refractivity contribution in [2.24, 2.45) is 4.99 Å². The van der Waals surface area contributed by atoms with E-state index in [9.17, 15) is 8.42 Å². The van der Waals surface area contributed by atoms with E-state index >= 15 is 0 Å². The summed E-state index contributed by atoms with van der Waals surface area (Å²) in [6.45, 7) is 7.80. The Morgan fingerprint density at radius 1 is 1.14 bits per heavy atom. The Labute approximate surface area is 173 Å². The minimum Gasteiger partial charge on any atom is -0.489 e. The Hall–Kier alpha value is -2.58. The van der Waals surface area contributed by atoms with Gasteiger partial charge in [-0.3, -0.25) is 0 Å². The molecule has 29 heavy (non-hydrogen) atoms. The quantitative estimate of drug-likeness (QED) is 0.430. The minimum absolute atomic E-state index is 0.0355. The smallest absolute Gasteiger partial charge is 0.240 e. The maximum atomic E-state index is 11.8. The molecule has 0 saturated heterocycles. The first-order chi connectivity index (χ1) is 13.8. The van der Waals surface area contributed by atoms with E-state index in [0.717, 1.165) is 23.4 Å². The summed E-state index contributed by atoms with van der Waals surface area (Å²) in [7, 11) is -2.03. The lowest BCUT2D eigenvalue weighted by atomic mass is 10.2. The van der Waals surface area contributed by atoms with Crippen molar-refractivity contribution in [2.45, 2.75) is 38.3 Å². The van der Waals surface area contributed by atoms with Crippen LogP contribution < -0.4 is 20.1 Å². The predicted molar refractivity (Wildman–Crippen MR) is 117 cm³/mol. The first-order valence-electron chi connectivity index (χ1n) is 9.62. The van der Waals surface area contributed by atoms with Crippen molar-refractivity contribution in [2.75, 3.05) is 20.1 Å². The third-order valence-corrected chi connectivity index (χ3v) is 5.58. The molecule has 0 bridgehead atoms. The van der Waals surface area contributed by atoms with Crippen molar-refractivity contribution in [3.63, 3.8) is 0 Å². The van der Waals surface area contributed by atoms with Crippen LogP contribution in [0.2, 0.25) is 0 Å². The van der Waals surface area contributed by atoms with Crippen molar-refractivity contribution in [3.8, 4) is 5.75 Å². The summed E-state index contributed by atoms with van der Waals surface area (Å²) >= 11 is 0. The van der Waals surface area contributed by atoms with E-state index in [0.29, 0.717) is 19.0 Å². The fourth-order valence-corrected chi connectivity index (χ4v) is 3.34. The van der Waals surface area contributed by atoms with Gasteiger partial charge in [-0.25, -0.2) is 18.1 Å². The molecule has 0 aliphatic carbocycles. The molecule has 1 atom stereocenters. The van der Waals surface area contributed by atoms with Crippen molar-refractivity contribution in [1.82, 2.24) is 15.4 Å². The molecular formula is C21H30N4O3S. The average molecular weight is 419 g/mol. The van der Waals surface area contributed by atoms with Crippen LogP contribution in [0.4, 0.5) is 0 Å². The molecule has 0 aliphatic rings. The molecule has 0 saturated carbocycles. The second-order valence-electron chi connectivity index (χ2n) is 6.67. The van der Waals surface area contributed by atoms with Crippen LogP contribution in [0.25, 0.3) is 0 Å². The van der Waals surface area contributed by atoms with Crippen LogP contribution in [-0.4, -0.2) is 40.6 Å². The Bertz CT molecular complexity index is 912. The normalized spacial score (nSPS) is 13.0. The molecule has 1 unspecified atom stereocenters. The zero-order chi connectivity index (χ0) is 21.3. The number of hydrogen-bond donors (Lipinski definition) is 3. The second-order valence-corrected chi connectivity index (χ2v) is 8.56. The predicted octanol–water partition coefficient (Wildman–Crippen LogP) is 2.43. The SMILES string of the molecule is CCNC(=NCc1ccc(S(=O)(=O)NC)cc1)NCC(C)Oc1cccc(C)c1. The van der Waals surface area contributed by atoms with Gasteiger partial charge < -0.3 is 15.4 Å². The van der Waals surface area contributed by atoms with Crippen molar-refractivity contribution in [3.05, 3.63) is 59.7 Å². The molecule has 2 aromatic carbocycles. The Balaban J connectivity index is 1.93. The zero-order valence-electron chi connectivity index (χ0n) is 17.4. The second kappa shape index (κ2) is 10.8. The van der Waals surface area contributed by atoms with Crippen molar-refractivity contribution in [1.29, 1.82) is 0 Å². The summed E-state index contributed by atoms with van der Waals surface area (Å²) in [5, 5.41) is 6.48. The van der Waals surface area contributed by atoms with E-state index in [-0.39, 0.29) is 11.0 Å². The summed E-state index contributed by atoms with van der Waals surface area (Å²) in [6, 6.07) is 14.6. The lowest BCUT2D eigenvalue weighted by Crippen LogP contribution is -2.41. The van der Waals surface area contributed by atoms with E-state index in [1.807, 2.05) is 45.0 Å². The molecule has 3 N–H and O–H groups in total. The largest absolute Gasteiger partial charge is 0.489 e. The van der Waals surface area contributed by atoms with Gasteiger partial charge in [0.15, 0.2) is 5.96 Å². The average Bonchev–Trinajstić information content (AvgIpc) is 2.70. The molecule has 7 nitrogen and oxygen atoms in total. The molecule has 0 spiro atoms. The van der Waals surface area contributed by atoms with Crippen LogP contribution in [0.15, 0.2) is 58.4 Å². The summed E-state index contributed by atoms with van der Waals surface area (Å²) in [5.74, 6) is 1.52. The van der Waals surface area contributed by atoms with E-state index in [2.05, 4.69) is 20.3 Å². The fraction of sp³-hybridized carbons (Fsp3) is 0.381. The molecule has 158 valence electrons. The first kappa shape index (κ1) is 22.7. The van der Waals surface area contributed by atoms with Gasteiger partial charge >= 0.3 is 0 Å². The number of guanidine groups is 1. The van der Waals surface area contributed by atoms with E-state index in [4.69, 9.17) is 4.74 Å². The van der Waals surface area contributed by atoms with Gasteiger partial charge in [0, 0.05) is 6.54 Å². The molecule has 2 aromatic rings. The van der Waals surface area contributed by atoms with Crippen molar-refractivity contribution < 1.29 is 13.2 Å². The highest BCUT2D eigenvalue weighted by molar-refractivity contribution is 7.89. The standard InChI is InChI=1S/C21H30N4O3S/c1-5-23-21(24-14-17(3)28-19-8-6-7-16(2)13-19)25-15-18-9-11-20(12-10-18)29(26,27)22-4/h6-13,17,22H,5,14-15H2,1-4H3,(H2,23,24,25). The number of sulfonamides is 1. The highest BCUT2D eigenvalue weighted by Crippen LogP contribution is 2.14. The molecule has 0 aliphatic heterocycles. The van der Waals surface area contributed by atoms with Crippen LogP contribution in [0.1, 0.15) is 25.0 Å². The fourth-order valence-electron chi connectivity index (χ4n) is 2.61. The number of nitrogens with one attached hydrogen (secondary N) is 3. The molecule has 0 heterocycles. The van der Waals surface area contributed by atoms with Gasteiger partial charge in [0.05, 0.1) is 18.0 Å². The molecule has 0 aromatic heterocycles. The highest BCUT2D eigenvalue weighted by atomic mass is 32.2. The molecule has 8 heteroatoms. The maximum absolute atomic E-state index is 11.8. The maximum Gasteiger partial charge on any atom is 0.240 e. The summed E-state index contributed by atoms with van der Waals surface area (Å²) < 4.78 is 31.8.